The number of rotatable bonds is 4. The lowest BCUT2D eigenvalue weighted by Crippen LogP contribution is -2.38. The Hall–Kier alpha value is -1.44. The number of nitrogens with one attached hydrogen (secondary N) is 1. The summed E-state index contributed by atoms with van der Waals surface area (Å²) >= 11 is 0. The van der Waals surface area contributed by atoms with Crippen LogP contribution in [-0.2, 0) is 14.8 Å². The second-order valence-corrected chi connectivity index (χ2v) is 6.52. The van der Waals surface area contributed by atoms with E-state index in [1.165, 1.54) is 18.2 Å². The molecule has 1 saturated heterocycles. The molecule has 2 unspecified atom stereocenters. The predicted octanol–water partition coefficient (Wildman–Crippen LogP) is 0.489. The molecule has 0 radical (unpaired) electrons. The number of carbonyl (C=O) groups excluding carboxylic acids is 1. The van der Waals surface area contributed by atoms with Crippen LogP contribution < -0.4 is 10.5 Å². The average Bonchev–Trinajstić information content (AvgIpc) is 2.91. The van der Waals surface area contributed by atoms with Gasteiger partial charge in [-0.3, -0.25) is 4.79 Å². The lowest BCUT2D eigenvalue weighted by atomic mass is 10.0. The van der Waals surface area contributed by atoms with Gasteiger partial charge in [-0.15, -0.1) is 0 Å². The molecule has 1 aliphatic heterocycles. The third-order valence-corrected chi connectivity index (χ3v) is 4.37. The highest BCUT2D eigenvalue weighted by molar-refractivity contribution is 7.89. The van der Waals surface area contributed by atoms with Crippen molar-refractivity contribution in [3.8, 4) is 0 Å². The summed E-state index contributed by atoms with van der Waals surface area (Å²) in [7, 11) is -3.80. The van der Waals surface area contributed by atoms with Crippen molar-refractivity contribution in [3.63, 3.8) is 0 Å². The maximum absolute atomic E-state index is 12.1. The van der Waals surface area contributed by atoms with E-state index >= 15 is 0 Å². The fourth-order valence-corrected chi connectivity index (χ4v) is 2.73. The van der Waals surface area contributed by atoms with Gasteiger partial charge in [0.15, 0.2) is 0 Å². The van der Waals surface area contributed by atoms with Crippen molar-refractivity contribution >= 4 is 15.9 Å². The Bertz CT molecular complexity index is 594. The fraction of sp³-hybridized carbons (Fsp3) is 0.462. The molecule has 20 heavy (non-hydrogen) atoms. The van der Waals surface area contributed by atoms with E-state index in [4.69, 9.17) is 9.88 Å². The molecule has 1 aliphatic rings. The number of ether oxygens (including phenoxy) is 1. The lowest BCUT2D eigenvalue weighted by Gasteiger charge is -2.19. The number of benzene rings is 1. The van der Waals surface area contributed by atoms with Crippen LogP contribution in [0.1, 0.15) is 23.7 Å². The summed E-state index contributed by atoms with van der Waals surface area (Å²) in [4.78, 5) is 12.0. The highest BCUT2D eigenvalue weighted by Gasteiger charge is 2.24. The van der Waals surface area contributed by atoms with Crippen LogP contribution in [0.3, 0.4) is 0 Å². The largest absolute Gasteiger partial charge is 0.381 e. The van der Waals surface area contributed by atoms with E-state index in [1.54, 1.807) is 6.07 Å². The number of hydrogen-bond acceptors (Lipinski definition) is 4. The van der Waals surface area contributed by atoms with Gasteiger partial charge in [0.2, 0.25) is 10.0 Å². The molecule has 3 N–H and O–H groups in total. The van der Waals surface area contributed by atoms with Gasteiger partial charge < -0.3 is 10.1 Å². The summed E-state index contributed by atoms with van der Waals surface area (Å²) in [6.45, 7) is 3.27. The first-order chi connectivity index (χ1) is 9.38. The van der Waals surface area contributed by atoms with Crippen LogP contribution in [0, 0.1) is 5.92 Å². The van der Waals surface area contributed by atoms with Crippen LogP contribution in [0.15, 0.2) is 29.2 Å². The van der Waals surface area contributed by atoms with E-state index in [-0.39, 0.29) is 22.4 Å². The number of carbonyl (C=O) groups is 1. The van der Waals surface area contributed by atoms with Gasteiger partial charge in [-0.25, -0.2) is 13.6 Å². The lowest BCUT2D eigenvalue weighted by molar-refractivity contribution is 0.0922. The van der Waals surface area contributed by atoms with E-state index in [0.29, 0.717) is 19.1 Å². The molecule has 0 bridgehead atoms. The molecule has 7 heteroatoms. The van der Waals surface area contributed by atoms with Crippen LogP contribution >= 0.6 is 0 Å². The Morgan fingerprint density at radius 2 is 2.25 bits per heavy atom. The molecule has 0 saturated carbocycles. The average molecular weight is 298 g/mol. The van der Waals surface area contributed by atoms with Crippen molar-refractivity contribution in [1.82, 2.24) is 5.32 Å². The van der Waals surface area contributed by atoms with Crippen LogP contribution in [0.4, 0.5) is 0 Å². The maximum atomic E-state index is 12.1. The number of primary sulfonamides is 1. The van der Waals surface area contributed by atoms with Gasteiger partial charge in [0, 0.05) is 24.1 Å². The van der Waals surface area contributed by atoms with Gasteiger partial charge in [0.05, 0.1) is 11.5 Å². The van der Waals surface area contributed by atoms with Crippen LogP contribution in [0.5, 0.6) is 0 Å². The molecule has 1 amide bonds. The van der Waals surface area contributed by atoms with Crippen molar-refractivity contribution < 1.29 is 17.9 Å². The molecular weight excluding hydrogens is 280 g/mol. The summed E-state index contributed by atoms with van der Waals surface area (Å²) < 4.78 is 27.8. The van der Waals surface area contributed by atoms with Crippen LogP contribution in [0.2, 0.25) is 0 Å². The molecule has 2 atom stereocenters. The molecular formula is C13H18N2O4S. The number of hydrogen-bond donors (Lipinski definition) is 2. The van der Waals surface area contributed by atoms with Crippen LogP contribution in [-0.4, -0.2) is 33.6 Å². The zero-order valence-corrected chi connectivity index (χ0v) is 12.0. The highest BCUT2D eigenvalue weighted by Crippen LogP contribution is 2.17. The van der Waals surface area contributed by atoms with E-state index in [2.05, 4.69) is 5.32 Å². The Morgan fingerprint density at radius 3 is 2.85 bits per heavy atom. The summed E-state index contributed by atoms with van der Waals surface area (Å²) in [5.74, 6) is -0.0183. The normalized spacial score (nSPS) is 20.6. The first kappa shape index (κ1) is 15.0. The highest BCUT2D eigenvalue weighted by atomic mass is 32.2. The van der Waals surface area contributed by atoms with E-state index < -0.39 is 10.0 Å². The van der Waals surface area contributed by atoms with E-state index in [9.17, 15) is 13.2 Å². The van der Waals surface area contributed by atoms with Gasteiger partial charge >= 0.3 is 0 Å². The second-order valence-electron chi connectivity index (χ2n) is 4.96. The zero-order chi connectivity index (χ0) is 14.8. The van der Waals surface area contributed by atoms with Gasteiger partial charge in [-0.2, -0.15) is 0 Å². The topological polar surface area (TPSA) is 98.5 Å². The molecule has 0 aliphatic carbocycles. The standard InChI is InChI=1S/C13H18N2O4S/c1-9(11-5-6-19-8-11)15-13(16)10-3-2-4-12(7-10)20(14,17)18/h2-4,7,9,11H,5-6,8H2,1H3,(H,15,16)(H2,14,17,18). The molecule has 2 rings (SSSR count). The molecule has 1 heterocycles. The predicted molar refractivity (Wildman–Crippen MR) is 73.7 cm³/mol. The fourth-order valence-electron chi connectivity index (χ4n) is 2.17. The molecule has 0 spiro atoms. The summed E-state index contributed by atoms with van der Waals surface area (Å²) in [5.41, 5.74) is 0.280. The van der Waals surface area contributed by atoms with Gasteiger partial charge in [0.25, 0.3) is 5.91 Å². The number of nitrogens with two attached hydrogens (primary N) is 1. The second kappa shape index (κ2) is 5.90. The Morgan fingerprint density at radius 1 is 1.50 bits per heavy atom. The minimum Gasteiger partial charge on any atom is -0.381 e. The van der Waals surface area contributed by atoms with Crippen molar-refractivity contribution in [2.75, 3.05) is 13.2 Å². The zero-order valence-electron chi connectivity index (χ0n) is 11.2. The Kier molecular flexibility index (Phi) is 4.42. The molecule has 1 fully saturated rings. The van der Waals surface area contributed by atoms with Gasteiger partial charge in [-0.1, -0.05) is 6.07 Å². The maximum Gasteiger partial charge on any atom is 0.251 e. The first-order valence-corrected chi connectivity index (χ1v) is 7.94. The first-order valence-electron chi connectivity index (χ1n) is 6.39. The van der Waals surface area contributed by atoms with Crippen molar-refractivity contribution in [1.29, 1.82) is 0 Å². The Labute approximate surface area is 118 Å². The monoisotopic (exact) mass is 298 g/mol. The van der Waals surface area contributed by atoms with Gasteiger partial charge in [-0.05, 0) is 31.5 Å². The molecule has 110 valence electrons. The van der Waals surface area contributed by atoms with E-state index in [0.717, 1.165) is 6.42 Å². The third-order valence-electron chi connectivity index (χ3n) is 3.46. The van der Waals surface area contributed by atoms with E-state index in [1.807, 2.05) is 6.92 Å². The summed E-state index contributed by atoms with van der Waals surface area (Å²) in [6, 6.07) is 5.67. The van der Waals surface area contributed by atoms with Gasteiger partial charge in [0.1, 0.15) is 0 Å². The summed E-state index contributed by atoms with van der Waals surface area (Å²) in [5, 5.41) is 7.91. The van der Waals surface area contributed by atoms with Crippen molar-refractivity contribution in [2.45, 2.75) is 24.3 Å². The van der Waals surface area contributed by atoms with Crippen molar-refractivity contribution in [2.24, 2.45) is 11.1 Å². The number of amides is 1. The molecule has 1 aromatic rings. The minimum atomic E-state index is -3.80. The molecule has 1 aromatic carbocycles. The van der Waals surface area contributed by atoms with Crippen LogP contribution in [0.25, 0.3) is 0 Å². The third kappa shape index (κ3) is 3.56. The van der Waals surface area contributed by atoms with Crippen molar-refractivity contribution in [3.05, 3.63) is 29.8 Å². The summed E-state index contributed by atoms with van der Waals surface area (Å²) in [6.07, 6.45) is 0.915. The smallest absolute Gasteiger partial charge is 0.251 e. The Balaban J connectivity index is 2.09. The molecule has 0 aromatic heterocycles. The minimum absolute atomic E-state index is 0.0249. The number of sulfonamides is 1. The quantitative estimate of drug-likeness (QED) is 0.845. The SMILES string of the molecule is CC(NC(=O)c1cccc(S(N)(=O)=O)c1)C1CCOC1. The molecule has 6 nitrogen and oxygen atoms in total.